The number of oxazole rings is 1. The van der Waals surface area contributed by atoms with E-state index in [1.807, 2.05) is 0 Å². The van der Waals surface area contributed by atoms with Crippen molar-refractivity contribution >= 4 is 5.69 Å². The van der Waals surface area contributed by atoms with Gasteiger partial charge in [-0.3, -0.25) is 10.1 Å². The van der Waals surface area contributed by atoms with Crippen LogP contribution in [0.4, 0.5) is 5.69 Å². The number of aromatic nitrogens is 1. The molecular weight excluding hydrogens is 250 g/mol. The number of nitro benzene ring substituents is 1. The minimum atomic E-state index is -0.509. The Labute approximate surface area is 109 Å². The molecule has 0 aliphatic carbocycles. The van der Waals surface area contributed by atoms with Crippen LogP contribution in [0.3, 0.4) is 0 Å². The van der Waals surface area contributed by atoms with E-state index in [0.717, 1.165) is 0 Å². The Kier molecular flexibility index (Phi) is 3.48. The summed E-state index contributed by atoms with van der Waals surface area (Å²) in [5.41, 5.74) is 6.00. The summed E-state index contributed by atoms with van der Waals surface area (Å²) in [6.45, 7) is 1.74. The number of benzene rings is 1. The Morgan fingerprint density at radius 2 is 2.26 bits per heavy atom. The first-order chi connectivity index (χ1) is 9.04. The fourth-order valence-electron chi connectivity index (χ4n) is 1.70. The molecule has 2 rings (SSSR count). The number of hydrogen-bond acceptors (Lipinski definition) is 6. The van der Waals surface area contributed by atoms with E-state index in [0.29, 0.717) is 17.2 Å². The lowest BCUT2D eigenvalue weighted by molar-refractivity contribution is -0.385. The van der Waals surface area contributed by atoms with Gasteiger partial charge in [0.1, 0.15) is 0 Å². The Morgan fingerprint density at radius 1 is 1.53 bits per heavy atom. The predicted octanol–water partition coefficient (Wildman–Crippen LogP) is 2.28. The topological polar surface area (TPSA) is 104 Å². The third-order valence-electron chi connectivity index (χ3n) is 2.57. The summed E-state index contributed by atoms with van der Waals surface area (Å²) in [7, 11) is 1.37. The molecule has 0 saturated heterocycles. The van der Waals surface area contributed by atoms with Crippen LogP contribution in [0.15, 0.2) is 28.8 Å². The maximum absolute atomic E-state index is 10.9. The van der Waals surface area contributed by atoms with Crippen LogP contribution in [0, 0.1) is 10.1 Å². The van der Waals surface area contributed by atoms with Crippen molar-refractivity contribution in [1.29, 1.82) is 0 Å². The first-order valence-corrected chi connectivity index (χ1v) is 5.57. The molecule has 0 radical (unpaired) electrons. The van der Waals surface area contributed by atoms with Crippen LogP contribution in [-0.2, 0) is 0 Å². The van der Waals surface area contributed by atoms with Crippen molar-refractivity contribution in [2.75, 3.05) is 7.11 Å². The molecule has 0 fully saturated rings. The van der Waals surface area contributed by atoms with Crippen LogP contribution in [-0.4, -0.2) is 17.0 Å². The highest BCUT2D eigenvalue weighted by molar-refractivity contribution is 5.71. The van der Waals surface area contributed by atoms with Crippen molar-refractivity contribution in [1.82, 2.24) is 4.98 Å². The van der Waals surface area contributed by atoms with Crippen molar-refractivity contribution in [3.8, 4) is 17.1 Å². The number of nitrogens with two attached hydrogens (primary N) is 1. The summed E-state index contributed by atoms with van der Waals surface area (Å²) in [4.78, 5) is 14.5. The maximum atomic E-state index is 10.9. The Morgan fingerprint density at radius 3 is 2.79 bits per heavy atom. The van der Waals surface area contributed by atoms with Gasteiger partial charge in [-0.1, -0.05) is 6.07 Å². The van der Waals surface area contributed by atoms with Crippen molar-refractivity contribution in [3.05, 3.63) is 40.4 Å². The molecule has 7 nitrogen and oxygen atoms in total. The summed E-state index contributed by atoms with van der Waals surface area (Å²) >= 11 is 0. The second-order valence-electron chi connectivity index (χ2n) is 3.97. The maximum Gasteiger partial charge on any atom is 0.311 e. The minimum absolute atomic E-state index is 0.126. The third-order valence-corrected chi connectivity index (χ3v) is 2.57. The highest BCUT2D eigenvalue weighted by Crippen LogP contribution is 2.38. The van der Waals surface area contributed by atoms with Crippen molar-refractivity contribution in [3.63, 3.8) is 0 Å². The SMILES string of the molecule is COc1c(-c2cnc(C(C)N)o2)cccc1[N+](=O)[O-]. The van der Waals surface area contributed by atoms with Gasteiger partial charge in [0.15, 0.2) is 5.76 Å². The highest BCUT2D eigenvalue weighted by atomic mass is 16.6. The zero-order valence-electron chi connectivity index (χ0n) is 10.5. The standard InChI is InChI=1S/C12H13N3O4/c1-7(13)12-14-6-10(19-12)8-4-3-5-9(15(16)17)11(8)18-2/h3-7H,13H2,1-2H3. The summed E-state index contributed by atoms with van der Waals surface area (Å²) in [6.07, 6.45) is 1.47. The number of nitro groups is 1. The van der Waals surface area contributed by atoms with Gasteiger partial charge in [0, 0.05) is 6.07 Å². The van der Waals surface area contributed by atoms with E-state index in [1.165, 1.54) is 19.4 Å². The zero-order chi connectivity index (χ0) is 14.0. The molecule has 0 aliphatic heterocycles. The number of ether oxygens (including phenoxy) is 1. The zero-order valence-corrected chi connectivity index (χ0v) is 10.5. The first kappa shape index (κ1) is 13.0. The van der Waals surface area contributed by atoms with Gasteiger partial charge in [-0.2, -0.15) is 0 Å². The lowest BCUT2D eigenvalue weighted by atomic mass is 10.1. The number of para-hydroxylation sites is 1. The Hall–Kier alpha value is -2.41. The van der Waals surface area contributed by atoms with E-state index in [-0.39, 0.29) is 17.5 Å². The average molecular weight is 263 g/mol. The van der Waals surface area contributed by atoms with Gasteiger partial charge in [0.25, 0.3) is 0 Å². The molecule has 0 aliphatic rings. The molecule has 1 atom stereocenters. The monoisotopic (exact) mass is 263 g/mol. The van der Waals surface area contributed by atoms with Crippen molar-refractivity contribution < 1.29 is 14.1 Å². The molecule has 100 valence electrons. The lowest BCUT2D eigenvalue weighted by Gasteiger charge is -2.06. The number of nitrogens with zero attached hydrogens (tertiary/aromatic N) is 2. The van der Waals surface area contributed by atoms with Crippen LogP contribution in [0.2, 0.25) is 0 Å². The quantitative estimate of drug-likeness (QED) is 0.670. The predicted molar refractivity (Wildman–Crippen MR) is 67.7 cm³/mol. The molecule has 0 bridgehead atoms. The van der Waals surface area contributed by atoms with Gasteiger partial charge in [-0.05, 0) is 13.0 Å². The van der Waals surface area contributed by atoms with Gasteiger partial charge >= 0.3 is 5.69 Å². The highest BCUT2D eigenvalue weighted by Gasteiger charge is 2.21. The Balaban J connectivity index is 2.54. The van der Waals surface area contributed by atoms with E-state index in [4.69, 9.17) is 14.9 Å². The molecule has 1 aromatic heterocycles. The molecule has 0 amide bonds. The fraction of sp³-hybridized carbons (Fsp3) is 0.250. The molecular formula is C12H13N3O4. The van der Waals surface area contributed by atoms with Gasteiger partial charge in [-0.25, -0.2) is 4.98 Å². The second kappa shape index (κ2) is 5.07. The van der Waals surface area contributed by atoms with Crippen molar-refractivity contribution in [2.24, 2.45) is 5.73 Å². The minimum Gasteiger partial charge on any atom is -0.490 e. The van der Waals surface area contributed by atoms with Crippen LogP contribution >= 0.6 is 0 Å². The fourth-order valence-corrected chi connectivity index (χ4v) is 1.70. The molecule has 1 heterocycles. The van der Waals surface area contributed by atoms with E-state index < -0.39 is 4.92 Å². The largest absolute Gasteiger partial charge is 0.490 e. The molecule has 2 N–H and O–H groups in total. The van der Waals surface area contributed by atoms with Crippen LogP contribution in [0.25, 0.3) is 11.3 Å². The van der Waals surface area contributed by atoms with Gasteiger partial charge in [0.05, 0.1) is 29.8 Å². The smallest absolute Gasteiger partial charge is 0.311 e. The molecule has 1 unspecified atom stereocenters. The van der Waals surface area contributed by atoms with Crippen molar-refractivity contribution in [2.45, 2.75) is 13.0 Å². The normalized spacial score (nSPS) is 12.2. The average Bonchev–Trinajstić information content (AvgIpc) is 2.87. The van der Waals surface area contributed by atoms with Gasteiger partial charge in [0.2, 0.25) is 11.6 Å². The van der Waals surface area contributed by atoms with Crippen LogP contribution in [0.5, 0.6) is 5.75 Å². The lowest BCUT2D eigenvalue weighted by Crippen LogP contribution is -2.04. The summed E-state index contributed by atoms with van der Waals surface area (Å²) in [5, 5.41) is 10.9. The van der Waals surface area contributed by atoms with E-state index in [2.05, 4.69) is 4.98 Å². The summed E-state index contributed by atoms with van der Waals surface area (Å²) in [6, 6.07) is 4.24. The van der Waals surface area contributed by atoms with Crippen LogP contribution in [0.1, 0.15) is 18.9 Å². The number of methoxy groups -OCH3 is 1. The molecule has 7 heteroatoms. The van der Waals surface area contributed by atoms with Gasteiger partial charge in [-0.15, -0.1) is 0 Å². The number of rotatable bonds is 4. The molecule has 1 aromatic carbocycles. The van der Waals surface area contributed by atoms with Gasteiger partial charge < -0.3 is 14.9 Å². The molecule has 0 saturated carbocycles. The number of hydrogen-bond donors (Lipinski definition) is 1. The summed E-state index contributed by atoms with van der Waals surface area (Å²) < 4.78 is 10.6. The summed E-state index contributed by atoms with van der Waals surface area (Å²) in [5.74, 6) is 0.885. The molecule has 2 aromatic rings. The second-order valence-corrected chi connectivity index (χ2v) is 3.97. The van der Waals surface area contributed by atoms with E-state index >= 15 is 0 Å². The first-order valence-electron chi connectivity index (χ1n) is 5.57. The molecule has 0 spiro atoms. The van der Waals surface area contributed by atoms with E-state index in [9.17, 15) is 10.1 Å². The molecule has 19 heavy (non-hydrogen) atoms. The Bertz CT molecular complexity index is 607. The van der Waals surface area contributed by atoms with Crippen LogP contribution < -0.4 is 10.5 Å². The van der Waals surface area contributed by atoms with E-state index in [1.54, 1.807) is 19.1 Å². The third kappa shape index (κ3) is 2.41.